The maximum Gasteiger partial charge on any atom is 0.315 e. The summed E-state index contributed by atoms with van der Waals surface area (Å²) in [5.74, 6) is 2.20. The van der Waals surface area contributed by atoms with E-state index >= 15 is 0 Å². The number of nitrogens with one attached hydrogen (secondary N) is 1. The van der Waals surface area contributed by atoms with Crippen LogP contribution in [0.2, 0.25) is 0 Å². The fourth-order valence-electron chi connectivity index (χ4n) is 5.34. The average Bonchev–Trinajstić information content (AvgIpc) is 3.06. The summed E-state index contributed by atoms with van der Waals surface area (Å²) in [4.78, 5) is 16.3. The second-order valence-corrected chi connectivity index (χ2v) is 8.91. The van der Waals surface area contributed by atoms with E-state index in [1.807, 2.05) is 0 Å². The summed E-state index contributed by atoms with van der Waals surface area (Å²) >= 11 is 0. The molecule has 26 heavy (non-hydrogen) atoms. The van der Waals surface area contributed by atoms with Crippen LogP contribution in [-0.4, -0.2) is 43.5 Å². The highest BCUT2D eigenvalue weighted by molar-refractivity contribution is 5.74. The lowest BCUT2D eigenvalue weighted by atomic mass is 9.90. The van der Waals surface area contributed by atoms with Crippen molar-refractivity contribution in [1.82, 2.24) is 4.90 Å². The molecule has 3 atom stereocenters. The topological polar surface area (TPSA) is 24.8 Å². The van der Waals surface area contributed by atoms with E-state index in [1.165, 1.54) is 60.5 Å². The fourth-order valence-corrected chi connectivity index (χ4v) is 5.34. The first-order valence-electron chi connectivity index (χ1n) is 10.7. The van der Waals surface area contributed by atoms with Crippen molar-refractivity contribution in [2.75, 3.05) is 32.7 Å². The van der Waals surface area contributed by atoms with Crippen molar-refractivity contribution in [3.8, 4) is 0 Å². The molecule has 2 heterocycles. The van der Waals surface area contributed by atoms with E-state index in [1.54, 1.807) is 0 Å². The molecule has 3 fully saturated rings. The molecule has 1 amide bonds. The van der Waals surface area contributed by atoms with Gasteiger partial charge in [-0.05, 0) is 68.3 Å². The van der Waals surface area contributed by atoms with Crippen LogP contribution < -0.4 is 4.90 Å². The first-order chi connectivity index (χ1) is 12.8. The van der Waals surface area contributed by atoms with Gasteiger partial charge in [-0.2, -0.15) is 0 Å². The van der Waals surface area contributed by atoms with Gasteiger partial charge in [0.25, 0.3) is 0 Å². The van der Waals surface area contributed by atoms with Gasteiger partial charge in [-0.3, -0.25) is 4.90 Å². The number of hydrogen-bond acceptors (Lipinski definition) is 2. The molecule has 2 saturated heterocycles. The lowest BCUT2D eigenvalue weighted by Gasteiger charge is -2.15. The van der Waals surface area contributed by atoms with E-state index in [4.69, 9.17) is 0 Å². The smallest absolute Gasteiger partial charge is 0.303 e. The number of likely N-dealkylation sites (tertiary alicyclic amines) is 2. The predicted octanol–water partition coefficient (Wildman–Crippen LogP) is 2.18. The molecule has 1 aromatic carbocycles. The van der Waals surface area contributed by atoms with Crippen molar-refractivity contribution in [3.05, 3.63) is 41.5 Å². The Bertz CT molecular complexity index is 697. The van der Waals surface area contributed by atoms with Gasteiger partial charge < -0.3 is 4.90 Å². The van der Waals surface area contributed by atoms with Gasteiger partial charge in [-0.1, -0.05) is 30.3 Å². The number of quaternary nitrogens is 1. The third-order valence-corrected chi connectivity index (χ3v) is 7.08. The molecule has 0 bridgehead atoms. The van der Waals surface area contributed by atoms with Gasteiger partial charge in [-0.25, -0.2) is 4.79 Å². The maximum atomic E-state index is 12.4. The molecule has 1 aromatic rings. The first kappa shape index (κ1) is 16.7. The van der Waals surface area contributed by atoms with E-state index in [0.29, 0.717) is 23.7 Å². The molecule has 5 rings (SSSR count). The van der Waals surface area contributed by atoms with Crippen LogP contribution in [0.15, 0.2) is 30.3 Å². The Balaban J connectivity index is 1.21. The largest absolute Gasteiger partial charge is 0.315 e. The average molecular weight is 352 g/mol. The molecule has 1 unspecified atom stereocenters. The minimum atomic E-state index is 0.395. The van der Waals surface area contributed by atoms with Crippen molar-refractivity contribution in [2.45, 2.75) is 38.5 Å². The molecule has 3 nitrogen and oxygen atoms in total. The normalized spacial score (nSPS) is 31.2. The Morgan fingerprint density at radius 2 is 1.85 bits per heavy atom. The zero-order valence-corrected chi connectivity index (χ0v) is 15.8. The van der Waals surface area contributed by atoms with Gasteiger partial charge in [0.15, 0.2) is 0 Å². The molecule has 2 aliphatic carbocycles. The Labute approximate surface area is 157 Å². The standard InChI is InChI=1S/C23H30N2O/c26-23(19-7-8-19)25-15-20-9-10-21(22(20)16-25)18-5-3-17(4-6-18)11-14-24-12-1-2-13-24/h3-6,10,19-20,22H,1-2,7-9,11-16H2/p+1/t20-,22+/m1/s1. The molecular formula is C23H31N2O+. The zero-order chi connectivity index (χ0) is 17.5. The molecule has 0 spiro atoms. The van der Waals surface area contributed by atoms with Crippen LogP contribution in [0.3, 0.4) is 0 Å². The lowest BCUT2D eigenvalue weighted by Crippen LogP contribution is -3.13. The molecule has 1 saturated carbocycles. The van der Waals surface area contributed by atoms with Crippen molar-refractivity contribution in [3.63, 3.8) is 0 Å². The maximum absolute atomic E-state index is 12.4. The number of fused-ring (bicyclic) bond motifs is 1. The van der Waals surface area contributed by atoms with Gasteiger partial charge in [0.05, 0.1) is 19.0 Å². The number of carbonyl (C=O) groups excluding carboxylic acids is 1. The van der Waals surface area contributed by atoms with Gasteiger partial charge in [0.2, 0.25) is 0 Å². The number of amides is 1. The summed E-state index contributed by atoms with van der Waals surface area (Å²) in [6, 6.07) is 9.31. The third-order valence-electron chi connectivity index (χ3n) is 7.08. The number of hydrogen-bond donors (Lipinski definition) is 1. The second-order valence-electron chi connectivity index (χ2n) is 8.91. The van der Waals surface area contributed by atoms with Crippen LogP contribution in [0.25, 0.3) is 5.57 Å². The summed E-state index contributed by atoms with van der Waals surface area (Å²) in [6.07, 6.45) is 9.80. The minimum absolute atomic E-state index is 0.395. The zero-order valence-electron chi connectivity index (χ0n) is 15.8. The summed E-state index contributed by atoms with van der Waals surface area (Å²) in [5.41, 5.74) is 4.36. The van der Waals surface area contributed by atoms with E-state index in [-0.39, 0.29) is 0 Å². The minimum Gasteiger partial charge on any atom is -0.303 e. The van der Waals surface area contributed by atoms with Crippen molar-refractivity contribution in [1.29, 1.82) is 0 Å². The molecule has 138 valence electrons. The number of rotatable bonds is 5. The van der Waals surface area contributed by atoms with Crippen LogP contribution in [-0.2, 0) is 11.2 Å². The van der Waals surface area contributed by atoms with E-state index < -0.39 is 0 Å². The van der Waals surface area contributed by atoms with E-state index in [2.05, 4.69) is 35.2 Å². The van der Waals surface area contributed by atoms with Gasteiger partial charge in [0, 0.05) is 18.4 Å². The van der Waals surface area contributed by atoms with Gasteiger partial charge in [-0.15, -0.1) is 0 Å². The number of nitrogens with zero attached hydrogens (tertiary/aromatic N) is 1. The van der Waals surface area contributed by atoms with Crippen molar-refractivity contribution < 1.29 is 9.69 Å². The van der Waals surface area contributed by atoms with Crippen LogP contribution in [0, 0.1) is 17.8 Å². The molecule has 1 N–H and O–H groups in total. The van der Waals surface area contributed by atoms with Crippen LogP contribution in [0.4, 0.5) is 0 Å². The highest BCUT2D eigenvalue weighted by atomic mass is 16.2. The molecular weight excluding hydrogens is 320 g/mol. The molecule has 2 aliphatic heterocycles. The molecule has 0 radical (unpaired) electrons. The third kappa shape index (κ3) is 3.27. The van der Waals surface area contributed by atoms with E-state index in [9.17, 15) is 4.79 Å². The highest BCUT2D eigenvalue weighted by Gasteiger charge is 2.47. The first-order valence-corrected chi connectivity index (χ1v) is 10.7. The predicted molar refractivity (Wildman–Crippen MR) is 104 cm³/mol. The quantitative estimate of drug-likeness (QED) is 0.879. The van der Waals surface area contributed by atoms with Crippen LogP contribution in [0.1, 0.15) is 43.2 Å². The highest BCUT2D eigenvalue weighted by Crippen LogP contribution is 2.39. The SMILES string of the molecule is O=C(C1CC1)[NH+]1C[C@H]2CC=C(c3ccc(CCN4CCCC4)cc3)[C@H]2C1. The number of carbonyl (C=O) groups is 1. The lowest BCUT2D eigenvalue weighted by molar-refractivity contribution is -0.810. The number of allylic oxidation sites excluding steroid dienone is 1. The van der Waals surface area contributed by atoms with Crippen LogP contribution >= 0.6 is 0 Å². The molecule has 3 heteroatoms. The molecule has 0 aromatic heterocycles. The van der Waals surface area contributed by atoms with Gasteiger partial charge >= 0.3 is 5.91 Å². The van der Waals surface area contributed by atoms with Crippen molar-refractivity contribution in [2.24, 2.45) is 17.8 Å². The number of benzene rings is 1. The second kappa shape index (κ2) is 6.94. The molecule has 4 aliphatic rings. The van der Waals surface area contributed by atoms with Crippen molar-refractivity contribution >= 4 is 11.5 Å². The fraction of sp³-hybridized carbons (Fsp3) is 0.609. The van der Waals surface area contributed by atoms with Gasteiger partial charge in [0.1, 0.15) is 0 Å². The Kier molecular flexibility index (Phi) is 4.46. The Hall–Kier alpha value is -1.45. The summed E-state index contributed by atoms with van der Waals surface area (Å²) in [6.45, 7) is 5.86. The Morgan fingerprint density at radius 1 is 1.08 bits per heavy atom. The van der Waals surface area contributed by atoms with E-state index in [0.717, 1.165) is 32.4 Å². The van der Waals surface area contributed by atoms with Crippen LogP contribution in [0.5, 0.6) is 0 Å². The summed E-state index contributed by atoms with van der Waals surface area (Å²) < 4.78 is 0. The summed E-state index contributed by atoms with van der Waals surface area (Å²) in [7, 11) is 0. The summed E-state index contributed by atoms with van der Waals surface area (Å²) in [5, 5.41) is 0. The Morgan fingerprint density at radius 3 is 2.58 bits per heavy atom. The monoisotopic (exact) mass is 351 g/mol.